The number of aryl methyl sites for hydroxylation is 2. The van der Waals surface area contributed by atoms with E-state index in [0.717, 1.165) is 19.4 Å². The molecule has 2 aromatic rings. The van der Waals surface area contributed by atoms with Gasteiger partial charge in [0.05, 0.1) is 5.56 Å². The van der Waals surface area contributed by atoms with Crippen molar-refractivity contribution in [3.05, 3.63) is 66.0 Å². The molecule has 3 heteroatoms. The molecule has 0 spiro atoms. The molecule has 0 aliphatic heterocycles. The molecule has 0 atom stereocenters. The summed E-state index contributed by atoms with van der Waals surface area (Å²) in [4.78, 5) is 10.7. The lowest BCUT2D eigenvalue weighted by Crippen LogP contribution is -2.33. The van der Waals surface area contributed by atoms with Gasteiger partial charge in [-0.25, -0.2) is 9.36 Å². The molecule has 1 aromatic heterocycles. The predicted octanol–water partition coefficient (Wildman–Crippen LogP) is 2.31. The second-order valence-corrected chi connectivity index (χ2v) is 4.22. The summed E-state index contributed by atoms with van der Waals surface area (Å²) >= 11 is 0. The van der Waals surface area contributed by atoms with E-state index in [9.17, 15) is 4.79 Å². The fraction of sp³-hybridized carbons (Fsp3) is 0.200. The van der Waals surface area contributed by atoms with Gasteiger partial charge in [0.25, 0.3) is 0 Å². The maximum absolute atomic E-state index is 10.7. The van der Waals surface area contributed by atoms with Crippen molar-refractivity contribution in [1.29, 1.82) is 0 Å². The molecule has 0 aliphatic carbocycles. The molecule has 1 heterocycles. The molecule has 0 fully saturated rings. The Hall–Kier alpha value is -2.16. The fourth-order valence-corrected chi connectivity index (χ4v) is 1.86. The molecule has 1 N–H and O–H groups in total. The topological polar surface area (TPSA) is 41.2 Å². The monoisotopic (exact) mass is 242 g/mol. The minimum atomic E-state index is -0.883. The normalized spacial score (nSPS) is 10.2. The van der Waals surface area contributed by atoms with E-state index < -0.39 is 5.97 Å². The summed E-state index contributed by atoms with van der Waals surface area (Å²) in [6.45, 7) is 0.898. The molecule has 3 nitrogen and oxygen atoms in total. The van der Waals surface area contributed by atoms with Crippen LogP contribution in [0.2, 0.25) is 0 Å². The summed E-state index contributed by atoms with van der Waals surface area (Å²) in [6.07, 6.45) is 5.71. The van der Waals surface area contributed by atoms with Crippen molar-refractivity contribution in [2.75, 3.05) is 0 Å². The molecule has 0 unspecified atom stereocenters. The standard InChI is InChI=1S/C15H15NO2/c17-15(18)14-8-11-16(12-9-14)10-4-7-13-5-2-1-3-6-13/h1-3,5-6,8-9,11-12H,4,7,10H2/p+1. The van der Waals surface area contributed by atoms with Gasteiger partial charge >= 0.3 is 5.97 Å². The second kappa shape index (κ2) is 5.96. The number of benzene rings is 1. The number of aromatic nitrogens is 1. The Bertz CT molecular complexity index is 506. The van der Waals surface area contributed by atoms with E-state index in [0.29, 0.717) is 5.56 Å². The first kappa shape index (κ1) is 12.3. The molecule has 92 valence electrons. The molecule has 0 saturated heterocycles. The molecule has 0 saturated carbocycles. The zero-order valence-electron chi connectivity index (χ0n) is 10.1. The fourth-order valence-electron chi connectivity index (χ4n) is 1.86. The number of aromatic carboxylic acids is 1. The summed E-state index contributed by atoms with van der Waals surface area (Å²) in [5, 5.41) is 8.79. The summed E-state index contributed by atoms with van der Waals surface area (Å²) in [5.41, 5.74) is 1.66. The van der Waals surface area contributed by atoms with Crippen LogP contribution < -0.4 is 4.57 Å². The molecule has 0 aliphatic rings. The number of pyridine rings is 1. The van der Waals surface area contributed by atoms with Crippen molar-refractivity contribution in [1.82, 2.24) is 0 Å². The van der Waals surface area contributed by atoms with Gasteiger partial charge in [0.1, 0.15) is 6.54 Å². The Morgan fingerprint density at radius 1 is 1.06 bits per heavy atom. The smallest absolute Gasteiger partial charge is 0.336 e. The minimum absolute atomic E-state index is 0.328. The molecular formula is C15H16NO2+. The first-order valence-corrected chi connectivity index (χ1v) is 6.02. The van der Waals surface area contributed by atoms with E-state index in [-0.39, 0.29) is 0 Å². The van der Waals surface area contributed by atoms with E-state index in [2.05, 4.69) is 12.1 Å². The van der Waals surface area contributed by atoms with Crippen molar-refractivity contribution >= 4 is 5.97 Å². The van der Waals surface area contributed by atoms with E-state index in [1.54, 1.807) is 12.1 Å². The highest BCUT2D eigenvalue weighted by molar-refractivity contribution is 5.87. The Kier molecular flexibility index (Phi) is 4.07. The van der Waals surface area contributed by atoms with E-state index in [1.165, 1.54) is 5.56 Å². The zero-order valence-corrected chi connectivity index (χ0v) is 10.1. The van der Waals surface area contributed by atoms with Gasteiger partial charge in [-0.2, -0.15) is 0 Å². The van der Waals surface area contributed by atoms with E-state index >= 15 is 0 Å². The Labute approximate surface area is 106 Å². The highest BCUT2D eigenvalue weighted by Crippen LogP contribution is 2.02. The van der Waals surface area contributed by atoms with Gasteiger partial charge in [-0.15, -0.1) is 0 Å². The number of hydrogen-bond donors (Lipinski definition) is 1. The lowest BCUT2D eigenvalue weighted by atomic mass is 10.1. The molecule has 1 aromatic carbocycles. The largest absolute Gasteiger partial charge is 0.478 e. The van der Waals surface area contributed by atoms with Gasteiger partial charge in [-0.05, 0) is 12.0 Å². The van der Waals surface area contributed by atoms with Crippen LogP contribution in [0.4, 0.5) is 0 Å². The van der Waals surface area contributed by atoms with Crippen LogP contribution in [0.5, 0.6) is 0 Å². The maximum atomic E-state index is 10.7. The van der Waals surface area contributed by atoms with Gasteiger partial charge in [-0.1, -0.05) is 30.3 Å². The summed E-state index contributed by atoms with van der Waals surface area (Å²) in [6, 6.07) is 13.6. The van der Waals surface area contributed by atoms with Crippen LogP contribution in [0.25, 0.3) is 0 Å². The lowest BCUT2D eigenvalue weighted by Gasteiger charge is -1.99. The van der Waals surface area contributed by atoms with Crippen molar-refractivity contribution in [3.8, 4) is 0 Å². The number of nitrogens with zero attached hydrogens (tertiary/aromatic N) is 1. The average molecular weight is 242 g/mol. The Morgan fingerprint density at radius 2 is 1.72 bits per heavy atom. The van der Waals surface area contributed by atoms with Gasteiger partial charge in [-0.3, -0.25) is 0 Å². The van der Waals surface area contributed by atoms with Crippen molar-refractivity contribution in [3.63, 3.8) is 0 Å². The molecule has 0 radical (unpaired) electrons. The molecule has 0 amide bonds. The SMILES string of the molecule is O=C(O)c1cc[n+](CCCc2ccccc2)cc1. The van der Waals surface area contributed by atoms with Crippen molar-refractivity contribution in [2.24, 2.45) is 0 Å². The van der Waals surface area contributed by atoms with E-state index in [1.807, 2.05) is 35.2 Å². The predicted molar refractivity (Wildman–Crippen MR) is 68.4 cm³/mol. The molecule has 2 rings (SSSR count). The van der Waals surface area contributed by atoms with Gasteiger partial charge < -0.3 is 5.11 Å². The quantitative estimate of drug-likeness (QED) is 0.817. The third kappa shape index (κ3) is 3.42. The van der Waals surface area contributed by atoms with Crippen LogP contribution in [0.15, 0.2) is 54.9 Å². The highest BCUT2D eigenvalue weighted by atomic mass is 16.4. The lowest BCUT2D eigenvalue weighted by molar-refractivity contribution is -0.697. The van der Waals surface area contributed by atoms with E-state index in [4.69, 9.17) is 5.11 Å². The van der Waals surface area contributed by atoms with Crippen LogP contribution in [0.3, 0.4) is 0 Å². The van der Waals surface area contributed by atoms with Gasteiger partial charge in [0.2, 0.25) is 0 Å². The minimum Gasteiger partial charge on any atom is -0.478 e. The Morgan fingerprint density at radius 3 is 2.33 bits per heavy atom. The van der Waals surface area contributed by atoms with Gasteiger partial charge in [0, 0.05) is 18.6 Å². The van der Waals surface area contributed by atoms with Crippen LogP contribution in [0, 0.1) is 0 Å². The number of hydrogen-bond acceptors (Lipinski definition) is 1. The summed E-state index contributed by atoms with van der Waals surface area (Å²) in [7, 11) is 0. The van der Waals surface area contributed by atoms with Gasteiger partial charge in [0.15, 0.2) is 12.4 Å². The van der Waals surface area contributed by atoms with Crippen molar-refractivity contribution < 1.29 is 14.5 Å². The summed E-state index contributed by atoms with van der Waals surface area (Å²) in [5.74, 6) is -0.883. The third-order valence-electron chi connectivity index (χ3n) is 2.86. The number of carbonyl (C=O) groups is 1. The first-order chi connectivity index (χ1) is 8.75. The van der Waals surface area contributed by atoms with Crippen LogP contribution >= 0.6 is 0 Å². The number of carboxylic acid groups (broad SMARTS) is 1. The average Bonchev–Trinajstić information content (AvgIpc) is 2.40. The molecule has 0 bridgehead atoms. The number of rotatable bonds is 5. The first-order valence-electron chi connectivity index (χ1n) is 6.02. The highest BCUT2D eigenvalue weighted by Gasteiger charge is 2.05. The summed E-state index contributed by atoms with van der Waals surface area (Å²) < 4.78 is 2.01. The molecular weight excluding hydrogens is 226 g/mol. The van der Waals surface area contributed by atoms with Crippen LogP contribution in [0.1, 0.15) is 22.3 Å². The second-order valence-electron chi connectivity index (χ2n) is 4.22. The number of carboxylic acids is 1. The van der Waals surface area contributed by atoms with Crippen LogP contribution in [-0.4, -0.2) is 11.1 Å². The van der Waals surface area contributed by atoms with Crippen LogP contribution in [-0.2, 0) is 13.0 Å². The maximum Gasteiger partial charge on any atom is 0.336 e. The molecule has 18 heavy (non-hydrogen) atoms. The third-order valence-corrected chi connectivity index (χ3v) is 2.86. The zero-order chi connectivity index (χ0) is 12.8. The van der Waals surface area contributed by atoms with Crippen molar-refractivity contribution in [2.45, 2.75) is 19.4 Å². The Balaban J connectivity index is 1.85.